The van der Waals surface area contributed by atoms with Gasteiger partial charge in [-0.15, -0.1) is 0 Å². The van der Waals surface area contributed by atoms with Crippen molar-refractivity contribution in [3.05, 3.63) is 35.6 Å². The van der Waals surface area contributed by atoms with E-state index in [-0.39, 0.29) is 17.4 Å². The van der Waals surface area contributed by atoms with Gasteiger partial charge >= 0.3 is 0 Å². The molecular formula is C19H28FN3O3. The number of halogens is 1. The van der Waals surface area contributed by atoms with Crippen molar-refractivity contribution in [2.24, 2.45) is 5.92 Å². The minimum atomic E-state index is -0.896. The molecule has 2 unspecified atom stereocenters. The van der Waals surface area contributed by atoms with Crippen molar-refractivity contribution >= 4 is 17.7 Å². The molecule has 0 aliphatic heterocycles. The predicted octanol–water partition coefficient (Wildman–Crippen LogP) is 2.00. The molecule has 6 nitrogen and oxygen atoms in total. The van der Waals surface area contributed by atoms with Gasteiger partial charge < -0.3 is 16.0 Å². The molecular weight excluding hydrogens is 337 g/mol. The first-order chi connectivity index (χ1) is 11.9. The van der Waals surface area contributed by atoms with E-state index in [4.69, 9.17) is 0 Å². The average Bonchev–Trinajstić information content (AvgIpc) is 2.50. The zero-order valence-corrected chi connectivity index (χ0v) is 16.1. The Kier molecular flexibility index (Phi) is 7.29. The summed E-state index contributed by atoms with van der Waals surface area (Å²) >= 11 is 0. The Morgan fingerprint density at radius 3 is 2.04 bits per heavy atom. The first kappa shape index (κ1) is 21.6. The molecule has 1 rings (SSSR count). The Labute approximate surface area is 153 Å². The fourth-order valence-electron chi connectivity index (χ4n) is 2.25. The number of benzene rings is 1. The molecule has 0 bridgehead atoms. The van der Waals surface area contributed by atoms with Crippen LogP contribution in [0.4, 0.5) is 4.39 Å². The van der Waals surface area contributed by atoms with Crippen molar-refractivity contribution < 1.29 is 18.8 Å². The molecule has 144 valence electrons. The summed E-state index contributed by atoms with van der Waals surface area (Å²) in [6.07, 6.45) is 0. The van der Waals surface area contributed by atoms with Crippen molar-refractivity contribution in [2.45, 2.75) is 59.2 Å². The van der Waals surface area contributed by atoms with Gasteiger partial charge in [-0.05, 0) is 45.7 Å². The summed E-state index contributed by atoms with van der Waals surface area (Å²) in [5, 5.41) is 7.91. The van der Waals surface area contributed by atoms with Crippen LogP contribution in [0, 0.1) is 11.7 Å². The van der Waals surface area contributed by atoms with E-state index >= 15 is 0 Å². The van der Waals surface area contributed by atoms with Gasteiger partial charge in [-0.3, -0.25) is 14.4 Å². The van der Waals surface area contributed by atoms with Gasteiger partial charge in [-0.25, -0.2) is 4.39 Å². The van der Waals surface area contributed by atoms with Crippen LogP contribution in [0.3, 0.4) is 0 Å². The molecule has 0 spiro atoms. The average molecular weight is 365 g/mol. The second kappa shape index (κ2) is 8.78. The SMILES string of the molecule is CC(NC(=O)C(NC(=O)c1ccccc1F)C(C)C)C(=O)NC(C)(C)C. The number of hydrogen-bond acceptors (Lipinski definition) is 3. The lowest BCUT2D eigenvalue weighted by atomic mass is 10.0. The zero-order chi connectivity index (χ0) is 20.1. The Hall–Kier alpha value is -2.44. The molecule has 1 aromatic rings. The highest BCUT2D eigenvalue weighted by Gasteiger charge is 2.28. The predicted molar refractivity (Wildman–Crippen MR) is 98.0 cm³/mol. The fraction of sp³-hybridized carbons (Fsp3) is 0.526. The van der Waals surface area contributed by atoms with E-state index in [1.54, 1.807) is 26.8 Å². The molecule has 0 heterocycles. The van der Waals surface area contributed by atoms with Gasteiger partial charge in [0.1, 0.15) is 17.9 Å². The van der Waals surface area contributed by atoms with E-state index in [9.17, 15) is 18.8 Å². The third-order valence-electron chi connectivity index (χ3n) is 3.60. The lowest BCUT2D eigenvalue weighted by molar-refractivity contribution is -0.130. The lowest BCUT2D eigenvalue weighted by Gasteiger charge is -2.26. The Morgan fingerprint density at radius 1 is 0.962 bits per heavy atom. The largest absolute Gasteiger partial charge is 0.350 e. The molecule has 2 atom stereocenters. The minimum absolute atomic E-state index is 0.135. The topological polar surface area (TPSA) is 87.3 Å². The highest BCUT2D eigenvalue weighted by molar-refractivity contribution is 5.98. The number of carbonyl (C=O) groups excluding carboxylic acids is 3. The van der Waals surface area contributed by atoms with Gasteiger partial charge in [0.05, 0.1) is 5.56 Å². The quantitative estimate of drug-likeness (QED) is 0.721. The maximum Gasteiger partial charge on any atom is 0.254 e. The van der Waals surface area contributed by atoms with E-state index in [0.29, 0.717) is 0 Å². The third kappa shape index (κ3) is 6.46. The summed E-state index contributed by atoms with van der Waals surface area (Å²) in [4.78, 5) is 36.9. The van der Waals surface area contributed by atoms with Crippen LogP contribution in [-0.2, 0) is 9.59 Å². The van der Waals surface area contributed by atoms with Crippen LogP contribution in [-0.4, -0.2) is 35.3 Å². The summed E-state index contributed by atoms with van der Waals surface area (Å²) < 4.78 is 13.8. The van der Waals surface area contributed by atoms with E-state index in [1.807, 2.05) is 20.8 Å². The van der Waals surface area contributed by atoms with Crippen LogP contribution >= 0.6 is 0 Å². The Morgan fingerprint density at radius 2 is 1.54 bits per heavy atom. The zero-order valence-electron chi connectivity index (χ0n) is 16.1. The molecule has 0 radical (unpaired) electrons. The maximum atomic E-state index is 13.8. The van der Waals surface area contributed by atoms with Crippen molar-refractivity contribution in [1.29, 1.82) is 0 Å². The first-order valence-electron chi connectivity index (χ1n) is 8.60. The van der Waals surface area contributed by atoms with E-state index in [2.05, 4.69) is 16.0 Å². The molecule has 0 saturated heterocycles. The number of rotatable bonds is 6. The molecule has 0 aromatic heterocycles. The van der Waals surface area contributed by atoms with Gasteiger partial charge in [-0.2, -0.15) is 0 Å². The highest BCUT2D eigenvalue weighted by atomic mass is 19.1. The molecule has 0 saturated carbocycles. The summed E-state index contributed by atoms with van der Waals surface area (Å²) in [5.41, 5.74) is -0.559. The number of carbonyl (C=O) groups is 3. The van der Waals surface area contributed by atoms with Gasteiger partial charge in [0, 0.05) is 5.54 Å². The van der Waals surface area contributed by atoms with E-state index < -0.39 is 35.3 Å². The van der Waals surface area contributed by atoms with Gasteiger partial charge in [0.15, 0.2) is 0 Å². The molecule has 1 aromatic carbocycles. The van der Waals surface area contributed by atoms with Crippen molar-refractivity contribution in [3.63, 3.8) is 0 Å². The first-order valence-corrected chi connectivity index (χ1v) is 8.60. The second-order valence-electron chi connectivity index (χ2n) is 7.64. The van der Waals surface area contributed by atoms with Crippen molar-refractivity contribution in [2.75, 3.05) is 0 Å². The fourth-order valence-corrected chi connectivity index (χ4v) is 2.25. The monoisotopic (exact) mass is 365 g/mol. The van der Waals surface area contributed by atoms with Crippen LogP contribution in [0.2, 0.25) is 0 Å². The van der Waals surface area contributed by atoms with Crippen LogP contribution < -0.4 is 16.0 Å². The van der Waals surface area contributed by atoms with E-state index in [1.165, 1.54) is 18.2 Å². The normalized spacial score (nSPS) is 13.7. The number of amides is 3. The van der Waals surface area contributed by atoms with Crippen LogP contribution in [0.15, 0.2) is 24.3 Å². The Bertz CT molecular complexity index is 668. The maximum absolute atomic E-state index is 13.8. The van der Waals surface area contributed by atoms with Crippen LogP contribution in [0.25, 0.3) is 0 Å². The highest BCUT2D eigenvalue weighted by Crippen LogP contribution is 2.09. The summed E-state index contributed by atoms with van der Waals surface area (Å²) in [6, 6.07) is 3.88. The van der Waals surface area contributed by atoms with Crippen molar-refractivity contribution in [1.82, 2.24) is 16.0 Å². The van der Waals surface area contributed by atoms with Crippen molar-refractivity contribution in [3.8, 4) is 0 Å². The second-order valence-corrected chi connectivity index (χ2v) is 7.64. The molecule has 0 aliphatic carbocycles. The Balaban J connectivity index is 2.80. The third-order valence-corrected chi connectivity index (χ3v) is 3.60. The smallest absolute Gasteiger partial charge is 0.254 e. The molecule has 0 fully saturated rings. The summed E-state index contributed by atoms with van der Waals surface area (Å²) in [7, 11) is 0. The van der Waals surface area contributed by atoms with Crippen LogP contribution in [0.5, 0.6) is 0 Å². The lowest BCUT2D eigenvalue weighted by Crippen LogP contribution is -2.56. The minimum Gasteiger partial charge on any atom is -0.350 e. The van der Waals surface area contributed by atoms with E-state index in [0.717, 1.165) is 0 Å². The molecule has 3 amide bonds. The summed E-state index contributed by atoms with van der Waals surface area (Å²) in [5.74, 6) is -2.41. The molecule has 0 aliphatic rings. The molecule has 26 heavy (non-hydrogen) atoms. The summed E-state index contributed by atoms with van der Waals surface area (Å²) in [6.45, 7) is 10.6. The van der Waals surface area contributed by atoms with Gasteiger partial charge in [0.2, 0.25) is 11.8 Å². The van der Waals surface area contributed by atoms with Crippen LogP contribution in [0.1, 0.15) is 51.9 Å². The standard InChI is InChI=1S/C19H28FN3O3/c1-11(2)15(22-17(25)13-9-7-8-10-14(13)20)18(26)21-12(3)16(24)23-19(4,5)6/h7-12,15H,1-6H3,(H,21,26)(H,22,25)(H,23,24). The van der Waals surface area contributed by atoms with Gasteiger partial charge in [0.25, 0.3) is 5.91 Å². The van der Waals surface area contributed by atoms with Gasteiger partial charge in [-0.1, -0.05) is 26.0 Å². The molecule has 3 N–H and O–H groups in total. The molecule has 7 heteroatoms. The number of hydrogen-bond donors (Lipinski definition) is 3. The number of nitrogens with one attached hydrogen (secondary N) is 3.